The van der Waals surface area contributed by atoms with Crippen molar-refractivity contribution in [3.05, 3.63) is 65.7 Å². The number of ether oxygens (including phenoxy) is 1. The average Bonchev–Trinajstić information content (AvgIpc) is 2.73. The zero-order valence-corrected chi connectivity index (χ0v) is 16.2. The Kier molecular flexibility index (Phi) is 6.90. The highest BCUT2D eigenvalue weighted by molar-refractivity contribution is 7.99. The number of thioether (sulfide) groups is 1. The Morgan fingerprint density at radius 3 is 2.48 bits per heavy atom. The third-order valence-electron chi connectivity index (χ3n) is 4.43. The molecule has 5 nitrogen and oxygen atoms in total. The Bertz CT molecular complexity index is 776. The van der Waals surface area contributed by atoms with Gasteiger partial charge in [0.2, 0.25) is 5.91 Å². The summed E-state index contributed by atoms with van der Waals surface area (Å²) >= 11 is 1.58. The fraction of sp³-hybridized carbons (Fsp3) is 0.333. The summed E-state index contributed by atoms with van der Waals surface area (Å²) in [5.41, 5.74) is 2.27. The Labute approximate surface area is 164 Å². The van der Waals surface area contributed by atoms with Crippen LogP contribution in [0.4, 0.5) is 5.69 Å². The smallest absolute Gasteiger partial charge is 0.256 e. The molecular weight excluding hydrogens is 360 g/mol. The molecule has 2 aromatic carbocycles. The highest BCUT2D eigenvalue weighted by Gasteiger charge is 2.22. The van der Waals surface area contributed by atoms with E-state index >= 15 is 0 Å². The van der Waals surface area contributed by atoms with Crippen LogP contribution >= 0.6 is 11.8 Å². The predicted octanol–water partition coefficient (Wildman–Crippen LogP) is 3.42. The van der Waals surface area contributed by atoms with Crippen molar-refractivity contribution in [2.75, 3.05) is 31.6 Å². The Morgan fingerprint density at radius 2 is 1.74 bits per heavy atom. The number of para-hydroxylation sites is 1. The fourth-order valence-electron chi connectivity index (χ4n) is 2.82. The lowest BCUT2D eigenvalue weighted by molar-refractivity contribution is -0.115. The topological polar surface area (TPSA) is 58.6 Å². The molecule has 1 aliphatic rings. The van der Waals surface area contributed by atoms with Crippen LogP contribution in [0.25, 0.3) is 0 Å². The van der Waals surface area contributed by atoms with Crippen molar-refractivity contribution in [2.45, 2.75) is 17.9 Å². The molecule has 1 atom stereocenters. The van der Waals surface area contributed by atoms with Gasteiger partial charge in [0.25, 0.3) is 5.91 Å². The van der Waals surface area contributed by atoms with E-state index in [1.807, 2.05) is 49.4 Å². The zero-order valence-electron chi connectivity index (χ0n) is 15.4. The molecule has 0 aromatic heterocycles. The molecule has 142 valence electrons. The van der Waals surface area contributed by atoms with Crippen LogP contribution in [0, 0.1) is 0 Å². The van der Waals surface area contributed by atoms with E-state index in [1.54, 1.807) is 28.8 Å². The molecule has 0 bridgehead atoms. The first kappa shape index (κ1) is 19.5. The Hall–Kier alpha value is -2.31. The molecule has 1 fully saturated rings. The van der Waals surface area contributed by atoms with Gasteiger partial charge in [-0.3, -0.25) is 9.59 Å². The molecule has 0 radical (unpaired) electrons. The molecule has 0 aliphatic carbocycles. The van der Waals surface area contributed by atoms with E-state index in [2.05, 4.69) is 5.32 Å². The standard InChI is InChI=1S/C21H24N2O3S/c1-16(27-15-17-7-3-2-4-8-17)20(24)22-19-10-6-5-9-18(19)21(25)23-11-13-26-14-12-23/h2-10,16H,11-15H2,1H3,(H,22,24). The third-order valence-corrected chi connectivity index (χ3v) is 5.64. The largest absolute Gasteiger partial charge is 0.378 e. The van der Waals surface area contributed by atoms with Crippen molar-refractivity contribution in [3.8, 4) is 0 Å². The van der Waals surface area contributed by atoms with Gasteiger partial charge in [0.15, 0.2) is 0 Å². The summed E-state index contributed by atoms with van der Waals surface area (Å²) < 4.78 is 5.31. The van der Waals surface area contributed by atoms with Crippen molar-refractivity contribution >= 4 is 29.3 Å². The molecule has 1 unspecified atom stereocenters. The molecule has 1 saturated heterocycles. The van der Waals surface area contributed by atoms with E-state index in [0.717, 1.165) is 5.75 Å². The number of morpholine rings is 1. The predicted molar refractivity (Wildman–Crippen MR) is 109 cm³/mol. The van der Waals surface area contributed by atoms with Crippen molar-refractivity contribution in [1.82, 2.24) is 4.90 Å². The fourth-order valence-corrected chi connectivity index (χ4v) is 3.67. The first-order valence-corrected chi connectivity index (χ1v) is 10.1. The highest BCUT2D eigenvalue weighted by atomic mass is 32.2. The number of hydrogen-bond acceptors (Lipinski definition) is 4. The lowest BCUT2D eigenvalue weighted by atomic mass is 10.1. The monoisotopic (exact) mass is 384 g/mol. The summed E-state index contributed by atoms with van der Waals surface area (Å²) in [5, 5.41) is 2.70. The van der Waals surface area contributed by atoms with E-state index in [1.165, 1.54) is 5.56 Å². The Balaban J connectivity index is 1.62. The van der Waals surface area contributed by atoms with Crippen LogP contribution in [-0.4, -0.2) is 48.3 Å². The maximum atomic E-state index is 12.8. The van der Waals surface area contributed by atoms with Gasteiger partial charge in [-0.2, -0.15) is 0 Å². The molecule has 0 spiro atoms. The van der Waals surface area contributed by atoms with Crippen molar-refractivity contribution in [1.29, 1.82) is 0 Å². The molecule has 2 amide bonds. The van der Waals surface area contributed by atoms with E-state index in [0.29, 0.717) is 37.6 Å². The van der Waals surface area contributed by atoms with Crippen LogP contribution in [0.2, 0.25) is 0 Å². The highest BCUT2D eigenvalue weighted by Crippen LogP contribution is 2.22. The van der Waals surface area contributed by atoms with Crippen molar-refractivity contribution in [3.63, 3.8) is 0 Å². The summed E-state index contributed by atoms with van der Waals surface area (Å²) in [6, 6.07) is 17.2. The number of amides is 2. The van der Waals surface area contributed by atoms with Gasteiger partial charge in [0.1, 0.15) is 0 Å². The minimum Gasteiger partial charge on any atom is -0.378 e. The lowest BCUT2D eigenvalue weighted by Crippen LogP contribution is -2.41. The average molecular weight is 385 g/mol. The summed E-state index contributed by atoms with van der Waals surface area (Å²) in [6.07, 6.45) is 0. The lowest BCUT2D eigenvalue weighted by Gasteiger charge is -2.27. The first-order valence-electron chi connectivity index (χ1n) is 9.07. The summed E-state index contributed by atoms with van der Waals surface area (Å²) in [7, 11) is 0. The number of nitrogens with zero attached hydrogens (tertiary/aromatic N) is 1. The van der Waals surface area contributed by atoms with Crippen LogP contribution < -0.4 is 5.32 Å². The van der Waals surface area contributed by atoms with E-state index in [-0.39, 0.29) is 17.1 Å². The van der Waals surface area contributed by atoms with Crippen LogP contribution in [0.5, 0.6) is 0 Å². The van der Waals surface area contributed by atoms with E-state index in [4.69, 9.17) is 4.74 Å². The van der Waals surface area contributed by atoms with Gasteiger partial charge in [-0.15, -0.1) is 11.8 Å². The van der Waals surface area contributed by atoms with Gasteiger partial charge in [0, 0.05) is 18.8 Å². The van der Waals surface area contributed by atoms with E-state index < -0.39 is 0 Å². The number of nitrogens with one attached hydrogen (secondary N) is 1. The third kappa shape index (κ3) is 5.34. The number of rotatable bonds is 6. The molecule has 2 aromatic rings. The second kappa shape index (κ2) is 9.58. The number of hydrogen-bond donors (Lipinski definition) is 1. The molecule has 1 heterocycles. The van der Waals surface area contributed by atoms with Gasteiger partial charge < -0.3 is 15.0 Å². The minimum absolute atomic E-state index is 0.0706. The molecule has 6 heteroatoms. The normalized spacial score (nSPS) is 15.2. The molecule has 0 saturated carbocycles. The summed E-state index contributed by atoms with van der Waals surface area (Å²) in [5.74, 6) is 0.598. The van der Waals surface area contributed by atoms with E-state index in [9.17, 15) is 9.59 Å². The number of carbonyl (C=O) groups is 2. The van der Waals surface area contributed by atoms with Crippen LogP contribution in [0.15, 0.2) is 54.6 Å². The number of anilines is 1. The maximum Gasteiger partial charge on any atom is 0.256 e. The number of carbonyl (C=O) groups excluding carboxylic acids is 2. The maximum absolute atomic E-state index is 12.8. The molecular formula is C21H24N2O3S. The molecule has 27 heavy (non-hydrogen) atoms. The van der Waals surface area contributed by atoms with Crippen LogP contribution in [-0.2, 0) is 15.3 Å². The van der Waals surface area contributed by atoms with Gasteiger partial charge in [-0.25, -0.2) is 0 Å². The SMILES string of the molecule is CC(SCc1ccccc1)C(=O)Nc1ccccc1C(=O)N1CCOCC1. The zero-order chi connectivity index (χ0) is 19.1. The van der Waals surface area contributed by atoms with Crippen LogP contribution in [0.3, 0.4) is 0 Å². The first-order chi connectivity index (χ1) is 13.1. The number of benzene rings is 2. The molecule has 1 N–H and O–H groups in total. The van der Waals surface area contributed by atoms with Crippen molar-refractivity contribution < 1.29 is 14.3 Å². The van der Waals surface area contributed by atoms with Gasteiger partial charge >= 0.3 is 0 Å². The van der Waals surface area contributed by atoms with Crippen molar-refractivity contribution in [2.24, 2.45) is 0 Å². The second-order valence-electron chi connectivity index (χ2n) is 6.38. The van der Waals surface area contributed by atoms with Gasteiger partial charge in [0.05, 0.1) is 29.7 Å². The molecule has 1 aliphatic heterocycles. The van der Waals surface area contributed by atoms with Gasteiger partial charge in [-0.1, -0.05) is 42.5 Å². The Morgan fingerprint density at radius 1 is 1.07 bits per heavy atom. The summed E-state index contributed by atoms with van der Waals surface area (Å²) in [4.78, 5) is 27.2. The minimum atomic E-state index is -0.225. The van der Waals surface area contributed by atoms with Gasteiger partial charge in [-0.05, 0) is 24.6 Å². The molecule has 3 rings (SSSR count). The summed E-state index contributed by atoms with van der Waals surface area (Å²) in [6.45, 7) is 4.13. The van der Waals surface area contributed by atoms with Crippen LogP contribution in [0.1, 0.15) is 22.8 Å². The quantitative estimate of drug-likeness (QED) is 0.829. The second-order valence-corrected chi connectivity index (χ2v) is 7.71.